The van der Waals surface area contributed by atoms with Crippen LogP contribution in [0.25, 0.3) is 23.5 Å². The topological polar surface area (TPSA) is 94.7 Å². The maximum atomic E-state index is 13.9. The number of fused-ring (bicyclic) bond motifs is 2. The van der Waals surface area contributed by atoms with Crippen molar-refractivity contribution in [3.8, 4) is 22.9 Å². The van der Waals surface area contributed by atoms with E-state index in [1.165, 1.54) is 12.1 Å². The molecule has 0 N–H and O–H groups in total. The first-order valence-electron chi connectivity index (χ1n) is 23.2. The molecule has 4 aromatic carbocycles. The number of piperidine rings is 4. The quantitative estimate of drug-likeness (QED) is 0.111. The molecule has 2 aromatic heterocycles. The number of hydrogen-bond acceptors (Lipinski definition) is 6. The largest absolute Gasteiger partial charge is 0.495 e. The number of aryl methyl sites for hydroxylation is 2. The molecule has 2 amide bonds. The molecule has 352 valence electrons. The van der Waals surface area contributed by atoms with Crippen LogP contribution >= 0.6 is 0 Å². The van der Waals surface area contributed by atoms with Gasteiger partial charge in [0.05, 0.1) is 61.7 Å². The van der Waals surface area contributed by atoms with E-state index in [4.69, 9.17) is 9.47 Å². The zero-order chi connectivity index (χ0) is 47.6. The van der Waals surface area contributed by atoms with Crippen LogP contribution in [0.3, 0.4) is 0 Å². The number of amides is 2. The predicted octanol–water partition coefficient (Wildman–Crippen LogP) is 11.5. The van der Waals surface area contributed by atoms with Crippen LogP contribution in [0.2, 0.25) is 0 Å². The van der Waals surface area contributed by atoms with Gasteiger partial charge >= 0.3 is 0 Å². The predicted molar refractivity (Wildman–Crippen MR) is 251 cm³/mol. The van der Waals surface area contributed by atoms with Gasteiger partial charge in [0.15, 0.2) is 23.3 Å². The lowest BCUT2D eigenvalue weighted by molar-refractivity contribution is -0.137. The van der Waals surface area contributed by atoms with E-state index >= 15 is 0 Å². The van der Waals surface area contributed by atoms with E-state index in [2.05, 4.69) is 9.97 Å². The molecule has 4 aliphatic rings. The lowest BCUT2D eigenvalue weighted by atomic mass is 9.84. The lowest BCUT2D eigenvalue weighted by Gasteiger charge is -2.46. The van der Waals surface area contributed by atoms with Gasteiger partial charge in [-0.3, -0.25) is 9.59 Å². The molecule has 4 saturated heterocycles. The molecule has 68 heavy (non-hydrogen) atoms. The van der Waals surface area contributed by atoms with Crippen molar-refractivity contribution < 1.29 is 36.6 Å². The second kappa shape index (κ2) is 19.7. The number of rotatable bonds is 8. The van der Waals surface area contributed by atoms with E-state index in [0.29, 0.717) is 35.5 Å². The molecule has 0 radical (unpaired) electrons. The Morgan fingerprint density at radius 3 is 1.34 bits per heavy atom. The third-order valence-electron chi connectivity index (χ3n) is 13.7. The maximum absolute atomic E-state index is 13.9. The van der Waals surface area contributed by atoms with Gasteiger partial charge in [-0.1, -0.05) is 24.3 Å². The molecule has 0 aliphatic carbocycles. The summed E-state index contributed by atoms with van der Waals surface area (Å²) in [5, 5.41) is 0. The standard InChI is InChI=1S/2C27H27F2N3O2/c2*1-17-15-31(16-30-17)25-11-6-18(13-26(25)34-2)12-20-7-9-21-4-3-5-24(32(21)27(20)33)19-8-10-22(28)23(29)14-19/h2*6,8,10-16,21,24H,3-5,7,9H2,1-2H3/b2*20-12+/t2*21-,24-/m10/s1. The van der Waals surface area contributed by atoms with Crippen molar-refractivity contribution in [1.82, 2.24) is 28.9 Å². The van der Waals surface area contributed by atoms with Crippen LogP contribution in [0.1, 0.15) is 110 Å². The van der Waals surface area contributed by atoms with Crippen molar-refractivity contribution in [3.05, 3.63) is 166 Å². The van der Waals surface area contributed by atoms with Gasteiger partial charge in [0.1, 0.15) is 11.5 Å². The Morgan fingerprint density at radius 1 is 0.544 bits per heavy atom. The average Bonchev–Trinajstić information content (AvgIpc) is 3.99. The summed E-state index contributed by atoms with van der Waals surface area (Å²) in [5.74, 6) is -2.18. The molecule has 6 aromatic rings. The third-order valence-corrected chi connectivity index (χ3v) is 13.7. The Balaban J connectivity index is 0.000000170. The molecule has 0 bridgehead atoms. The van der Waals surface area contributed by atoms with Gasteiger partial charge in [0.2, 0.25) is 0 Å². The molecule has 0 saturated carbocycles. The van der Waals surface area contributed by atoms with Crippen molar-refractivity contribution in [3.63, 3.8) is 0 Å². The second-order valence-electron chi connectivity index (χ2n) is 18.1. The normalized spacial score (nSPS) is 21.6. The molecule has 4 aliphatic heterocycles. The lowest BCUT2D eigenvalue weighted by Crippen LogP contribution is -2.49. The number of ether oxygens (including phenoxy) is 2. The van der Waals surface area contributed by atoms with Gasteiger partial charge in [-0.25, -0.2) is 27.5 Å². The van der Waals surface area contributed by atoms with Crippen LogP contribution in [0.4, 0.5) is 17.6 Å². The Morgan fingerprint density at radius 2 is 0.971 bits per heavy atom. The fraction of sp³-hybridized carbons (Fsp3) is 0.333. The number of halogens is 4. The number of imidazole rings is 2. The van der Waals surface area contributed by atoms with Crippen LogP contribution in [0.15, 0.2) is 109 Å². The number of carbonyl (C=O) groups excluding carboxylic acids is 2. The Kier molecular flexibility index (Phi) is 13.4. The first kappa shape index (κ1) is 46.2. The molecular formula is C54H54F4N6O4. The van der Waals surface area contributed by atoms with E-state index < -0.39 is 23.3 Å². The zero-order valence-electron chi connectivity index (χ0n) is 38.6. The molecule has 14 heteroatoms. The van der Waals surface area contributed by atoms with Gasteiger partial charge in [0, 0.05) is 35.6 Å². The summed E-state index contributed by atoms with van der Waals surface area (Å²) in [5.41, 5.74) is 8.06. The van der Waals surface area contributed by atoms with E-state index in [9.17, 15) is 27.2 Å². The number of hydrogen-bond donors (Lipinski definition) is 0. The van der Waals surface area contributed by atoms with Crippen molar-refractivity contribution in [2.24, 2.45) is 0 Å². The number of nitrogens with zero attached hydrogens (tertiary/aromatic N) is 6. The third kappa shape index (κ3) is 9.45. The van der Waals surface area contributed by atoms with Crippen LogP contribution in [0.5, 0.6) is 11.5 Å². The minimum atomic E-state index is -0.875. The zero-order valence-corrected chi connectivity index (χ0v) is 38.6. The molecule has 4 fully saturated rings. The molecular weight excluding hydrogens is 873 g/mol. The monoisotopic (exact) mass is 926 g/mol. The summed E-state index contributed by atoms with van der Waals surface area (Å²) >= 11 is 0. The average molecular weight is 927 g/mol. The van der Waals surface area contributed by atoms with Crippen LogP contribution < -0.4 is 9.47 Å². The SMILES string of the molecule is COc1cc(/C=C2\CC[C@@H]3CCC[C@@H](c4ccc(F)c(F)c4)N3C2=O)ccc1-n1cnc(C)c1.COc1cc(/C=C2\CC[C@H]3CCC[C@H](c4ccc(F)c(F)c4)N3C2=O)ccc1-n1cnc(C)c1. The second-order valence-corrected chi connectivity index (χ2v) is 18.1. The summed E-state index contributed by atoms with van der Waals surface area (Å²) in [6.45, 7) is 3.86. The fourth-order valence-electron chi connectivity index (χ4n) is 10.4. The number of benzene rings is 4. The van der Waals surface area contributed by atoms with Gasteiger partial charge in [-0.05, 0) is 161 Å². The van der Waals surface area contributed by atoms with Crippen LogP contribution in [0, 0.1) is 37.1 Å². The van der Waals surface area contributed by atoms with Gasteiger partial charge < -0.3 is 28.4 Å². The van der Waals surface area contributed by atoms with Gasteiger partial charge in [-0.15, -0.1) is 0 Å². The smallest absolute Gasteiger partial charge is 0.250 e. The van der Waals surface area contributed by atoms with Gasteiger partial charge in [0.25, 0.3) is 11.8 Å². The number of aromatic nitrogens is 4. The first-order chi connectivity index (χ1) is 32.9. The summed E-state index contributed by atoms with van der Waals surface area (Å²) in [6.07, 6.45) is 19.6. The minimum Gasteiger partial charge on any atom is -0.495 e. The van der Waals surface area contributed by atoms with Crippen molar-refractivity contribution in [2.75, 3.05) is 14.2 Å². The number of carbonyl (C=O) groups is 2. The highest BCUT2D eigenvalue weighted by atomic mass is 19.2. The van der Waals surface area contributed by atoms with Crippen LogP contribution in [-0.2, 0) is 9.59 Å². The molecule has 0 spiro atoms. The number of methoxy groups -OCH3 is 2. The van der Waals surface area contributed by atoms with Crippen molar-refractivity contribution in [1.29, 1.82) is 0 Å². The van der Waals surface area contributed by atoms with Gasteiger partial charge in [-0.2, -0.15) is 0 Å². The van der Waals surface area contributed by atoms with E-state index in [0.717, 1.165) is 109 Å². The maximum Gasteiger partial charge on any atom is 0.250 e. The Hall–Kier alpha value is -6.96. The van der Waals surface area contributed by atoms with E-state index in [1.807, 2.05) is 93.7 Å². The van der Waals surface area contributed by atoms with E-state index in [1.54, 1.807) is 39.0 Å². The summed E-state index contributed by atoms with van der Waals surface area (Å²) in [4.78, 5) is 39.5. The summed E-state index contributed by atoms with van der Waals surface area (Å²) in [6, 6.07) is 19.4. The first-order valence-corrected chi connectivity index (χ1v) is 23.2. The Bertz CT molecular complexity index is 2730. The van der Waals surface area contributed by atoms with Crippen LogP contribution in [-0.4, -0.2) is 67.0 Å². The van der Waals surface area contributed by atoms with Crippen molar-refractivity contribution in [2.45, 2.75) is 102 Å². The Labute approximate surface area is 393 Å². The highest BCUT2D eigenvalue weighted by molar-refractivity contribution is 6.00. The molecule has 4 atom stereocenters. The molecule has 10 nitrogen and oxygen atoms in total. The molecule has 6 heterocycles. The highest BCUT2D eigenvalue weighted by Gasteiger charge is 2.41. The fourth-order valence-corrected chi connectivity index (χ4v) is 10.4. The molecule has 10 rings (SSSR count). The van der Waals surface area contributed by atoms with E-state index in [-0.39, 0.29) is 36.0 Å². The molecule has 0 unspecified atom stereocenters. The minimum absolute atomic E-state index is 0.0287. The summed E-state index contributed by atoms with van der Waals surface area (Å²) in [7, 11) is 3.24. The van der Waals surface area contributed by atoms with Crippen molar-refractivity contribution >= 4 is 24.0 Å². The highest BCUT2D eigenvalue weighted by Crippen LogP contribution is 2.43. The summed E-state index contributed by atoms with van der Waals surface area (Å²) < 4.78 is 69.9.